The minimum absolute atomic E-state index is 0.677. The quantitative estimate of drug-likeness (QED) is 0.824. The third-order valence-corrected chi connectivity index (χ3v) is 4.12. The molecule has 0 saturated heterocycles. The Bertz CT molecular complexity index is 733. The lowest BCUT2D eigenvalue weighted by atomic mass is 9.99. The molecule has 0 fully saturated rings. The molecule has 1 N–H and O–H groups in total. The third-order valence-electron chi connectivity index (χ3n) is 4.12. The lowest BCUT2D eigenvalue weighted by Crippen LogP contribution is -2.31. The molecule has 2 heterocycles. The van der Waals surface area contributed by atoms with Crippen molar-refractivity contribution in [2.75, 3.05) is 37.5 Å². The standard InChI is InChI=1S/C18H22N4O2/c1-4-6-19-17-10-18(21-12-20-17)22-7-5-13-8-15(23-2)16(24-3)9-14(13)11-22/h4,8-10,12H,1,5-7,11H2,2-3H3,(H,19,20,21). The maximum atomic E-state index is 5.42. The largest absolute Gasteiger partial charge is 0.493 e. The molecule has 0 radical (unpaired) electrons. The second kappa shape index (κ2) is 7.21. The number of benzene rings is 1. The van der Waals surface area contributed by atoms with E-state index in [2.05, 4.69) is 38.9 Å². The molecule has 126 valence electrons. The second-order valence-corrected chi connectivity index (χ2v) is 5.58. The van der Waals surface area contributed by atoms with E-state index in [0.717, 1.165) is 42.6 Å². The van der Waals surface area contributed by atoms with Gasteiger partial charge in [-0.15, -0.1) is 6.58 Å². The van der Waals surface area contributed by atoms with Crippen molar-refractivity contribution in [2.24, 2.45) is 0 Å². The van der Waals surface area contributed by atoms with E-state index in [-0.39, 0.29) is 0 Å². The van der Waals surface area contributed by atoms with Gasteiger partial charge < -0.3 is 19.7 Å². The van der Waals surface area contributed by atoms with E-state index in [1.165, 1.54) is 11.1 Å². The van der Waals surface area contributed by atoms with Gasteiger partial charge in [0.15, 0.2) is 11.5 Å². The van der Waals surface area contributed by atoms with Gasteiger partial charge >= 0.3 is 0 Å². The third kappa shape index (κ3) is 3.27. The Balaban J connectivity index is 1.83. The summed E-state index contributed by atoms with van der Waals surface area (Å²) in [6.45, 7) is 6.07. The van der Waals surface area contributed by atoms with Crippen molar-refractivity contribution in [1.29, 1.82) is 0 Å². The van der Waals surface area contributed by atoms with E-state index in [9.17, 15) is 0 Å². The first-order valence-corrected chi connectivity index (χ1v) is 7.90. The molecule has 1 aromatic carbocycles. The van der Waals surface area contributed by atoms with Crippen molar-refractivity contribution < 1.29 is 9.47 Å². The molecule has 1 aliphatic rings. The number of ether oxygens (including phenoxy) is 2. The molecule has 3 rings (SSSR count). The summed E-state index contributed by atoms with van der Waals surface area (Å²) >= 11 is 0. The zero-order valence-corrected chi connectivity index (χ0v) is 14.1. The van der Waals surface area contributed by atoms with Crippen LogP contribution in [0.4, 0.5) is 11.6 Å². The highest BCUT2D eigenvalue weighted by Gasteiger charge is 2.20. The second-order valence-electron chi connectivity index (χ2n) is 5.58. The zero-order valence-electron chi connectivity index (χ0n) is 14.1. The topological polar surface area (TPSA) is 59.5 Å². The van der Waals surface area contributed by atoms with Crippen LogP contribution >= 0.6 is 0 Å². The summed E-state index contributed by atoms with van der Waals surface area (Å²) in [5.41, 5.74) is 2.53. The minimum atomic E-state index is 0.677. The van der Waals surface area contributed by atoms with Gasteiger partial charge in [-0.05, 0) is 29.7 Å². The van der Waals surface area contributed by atoms with Crippen LogP contribution in [0.1, 0.15) is 11.1 Å². The Labute approximate surface area is 142 Å². The Hall–Kier alpha value is -2.76. The van der Waals surface area contributed by atoms with E-state index >= 15 is 0 Å². The number of methoxy groups -OCH3 is 2. The molecular weight excluding hydrogens is 304 g/mol. The van der Waals surface area contributed by atoms with Crippen LogP contribution in [0.15, 0.2) is 37.2 Å². The number of anilines is 2. The maximum absolute atomic E-state index is 5.42. The van der Waals surface area contributed by atoms with Gasteiger partial charge in [-0.3, -0.25) is 0 Å². The van der Waals surface area contributed by atoms with Gasteiger partial charge in [0.05, 0.1) is 14.2 Å². The fourth-order valence-corrected chi connectivity index (χ4v) is 2.87. The molecule has 1 aliphatic heterocycles. The van der Waals surface area contributed by atoms with Gasteiger partial charge in [-0.1, -0.05) is 6.08 Å². The van der Waals surface area contributed by atoms with Crippen molar-refractivity contribution in [3.63, 3.8) is 0 Å². The number of fused-ring (bicyclic) bond motifs is 1. The normalized spacial score (nSPS) is 13.2. The molecule has 0 amide bonds. The lowest BCUT2D eigenvalue weighted by Gasteiger charge is -2.30. The summed E-state index contributed by atoms with van der Waals surface area (Å²) in [4.78, 5) is 10.9. The van der Waals surface area contributed by atoms with Gasteiger partial charge in [0.1, 0.15) is 18.0 Å². The monoisotopic (exact) mass is 326 g/mol. The van der Waals surface area contributed by atoms with Crippen LogP contribution in [0.5, 0.6) is 11.5 Å². The summed E-state index contributed by atoms with van der Waals surface area (Å²) in [5.74, 6) is 3.26. The Kier molecular flexibility index (Phi) is 4.84. The number of hydrogen-bond acceptors (Lipinski definition) is 6. The molecule has 0 bridgehead atoms. The summed E-state index contributed by atoms with van der Waals surface area (Å²) in [5, 5.41) is 3.19. The summed E-state index contributed by atoms with van der Waals surface area (Å²) < 4.78 is 10.8. The minimum Gasteiger partial charge on any atom is -0.493 e. The van der Waals surface area contributed by atoms with Crippen molar-refractivity contribution >= 4 is 11.6 Å². The van der Waals surface area contributed by atoms with Gasteiger partial charge in [0.25, 0.3) is 0 Å². The number of nitrogens with zero attached hydrogens (tertiary/aromatic N) is 3. The number of rotatable bonds is 6. The van der Waals surface area contributed by atoms with Gasteiger partial charge in [-0.2, -0.15) is 0 Å². The van der Waals surface area contributed by atoms with Crippen molar-refractivity contribution in [2.45, 2.75) is 13.0 Å². The van der Waals surface area contributed by atoms with Crippen molar-refractivity contribution in [3.05, 3.63) is 48.3 Å². The molecule has 0 atom stereocenters. The molecule has 6 heteroatoms. The number of aromatic nitrogens is 2. The summed E-state index contributed by atoms with van der Waals surface area (Å²) in [6.07, 6.45) is 4.33. The van der Waals surface area contributed by atoms with Crippen molar-refractivity contribution in [1.82, 2.24) is 9.97 Å². The molecule has 0 unspecified atom stereocenters. The van der Waals surface area contributed by atoms with Gasteiger partial charge in [0.2, 0.25) is 0 Å². The lowest BCUT2D eigenvalue weighted by molar-refractivity contribution is 0.353. The van der Waals surface area contributed by atoms with Crippen LogP contribution in [-0.4, -0.2) is 37.3 Å². The van der Waals surface area contributed by atoms with E-state index in [1.807, 2.05) is 6.07 Å². The van der Waals surface area contributed by atoms with E-state index < -0.39 is 0 Å². The summed E-state index contributed by atoms with van der Waals surface area (Å²) in [6, 6.07) is 6.09. The van der Waals surface area contributed by atoms with Crippen LogP contribution in [0.25, 0.3) is 0 Å². The molecule has 0 spiro atoms. The Morgan fingerprint density at radius 2 is 1.92 bits per heavy atom. The first-order chi connectivity index (χ1) is 11.7. The highest BCUT2D eigenvalue weighted by molar-refractivity contribution is 5.54. The zero-order chi connectivity index (χ0) is 16.9. The molecule has 6 nitrogen and oxygen atoms in total. The predicted molar refractivity (Wildman–Crippen MR) is 95.0 cm³/mol. The SMILES string of the molecule is C=CCNc1cc(N2CCc3cc(OC)c(OC)cc3C2)ncn1. The highest BCUT2D eigenvalue weighted by atomic mass is 16.5. The molecule has 1 aromatic heterocycles. The van der Waals surface area contributed by atoms with Crippen LogP contribution in [-0.2, 0) is 13.0 Å². The van der Waals surface area contributed by atoms with E-state index in [4.69, 9.17) is 9.47 Å². The Morgan fingerprint density at radius 3 is 2.62 bits per heavy atom. The van der Waals surface area contributed by atoms with Crippen LogP contribution in [0, 0.1) is 0 Å². The van der Waals surface area contributed by atoms with E-state index in [0.29, 0.717) is 6.54 Å². The summed E-state index contributed by atoms with van der Waals surface area (Å²) in [7, 11) is 3.32. The van der Waals surface area contributed by atoms with E-state index in [1.54, 1.807) is 26.6 Å². The molecule has 0 aliphatic carbocycles. The molecule has 24 heavy (non-hydrogen) atoms. The van der Waals surface area contributed by atoms with Gasteiger partial charge in [-0.25, -0.2) is 9.97 Å². The highest BCUT2D eigenvalue weighted by Crippen LogP contribution is 2.34. The molecule has 2 aromatic rings. The maximum Gasteiger partial charge on any atom is 0.161 e. The first-order valence-electron chi connectivity index (χ1n) is 7.90. The smallest absolute Gasteiger partial charge is 0.161 e. The van der Waals surface area contributed by atoms with Crippen molar-refractivity contribution in [3.8, 4) is 11.5 Å². The number of nitrogens with one attached hydrogen (secondary N) is 1. The van der Waals surface area contributed by atoms with Crippen LogP contribution in [0.2, 0.25) is 0 Å². The van der Waals surface area contributed by atoms with Gasteiger partial charge in [0, 0.05) is 25.7 Å². The molecular formula is C18H22N4O2. The average molecular weight is 326 g/mol. The fraction of sp³-hybridized carbons (Fsp3) is 0.333. The fourth-order valence-electron chi connectivity index (χ4n) is 2.87. The van der Waals surface area contributed by atoms with Crippen LogP contribution < -0.4 is 19.7 Å². The average Bonchev–Trinajstić information content (AvgIpc) is 2.64. The Morgan fingerprint density at radius 1 is 1.17 bits per heavy atom. The first kappa shape index (κ1) is 16.1. The number of hydrogen-bond donors (Lipinski definition) is 1. The molecule has 0 saturated carbocycles. The predicted octanol–water partition coefficient (Wildman–Crippen LogP) is 2.65. The van der Waals surface area contributed by atoms with Crippen LogP contribution in [0.3, 0.4) is 0 Å².